The molecule has 0 radical (unpaired) electrons. The Labute approximate surface area is 193 Å². The van der Waals surface area contributed by atoms with Gasteiger partial charge in [0.25, 0.3) is 0 Å². The zero-order valence-corrected chi connectivity index (χ0v) is 20.5. The molecule has 0 aromatic heterocycles. The van der Waals surface area contributed by atoms with Crippen molar-refractivity contribution in [1.29, 1.82) is 5.26 Å². The Morgan fingerprint density at radius 2 is 1.29 bits per heavy atom. The highest BCUT2D eigenvalue weighted by Gasteiger charge is 2.35. The molecular formula is C30H47N. The smallest absolute Gasteiger partial charge is 0.0689 e. The number of benzene rings is 1. The first-order chi connectivity index (χ1) is 15.2. The summed E-state index contributed by atoms with van der Waals surface area (Å²) >= 11 is 0. The number of unbranched alkanes of at least 4 members (excludes halogenated alkanes) is 5. The summed E-state index contributed by atoms with van der Waals surface area (Å²) in [5.41, 5.74) is 3.07. The Hall–Kier alpha value is -1.29. The molecule has 0 bridgehead atoms. The highest BCUT2D eigenvalue weighted by atomic mass is 14.4. The highest BCUT2D eigenvalue weighted by Crippen LogP contribution is 2.46. The molecule has 1 aromatic rings. The van der Waals surface area contributed by atoms with Gasteiger partial charge in [-0.2, -0.15) is 5.26 Å². The van der Waals surface area contributed by atoms with E-state index in [0.29, 0.717) is 5.92 Å². The van der Waals surface area contributed by atoms with Crippen LogP contribution in [0.5, 0.6) is 0 Å². The maximum atomic E-state index is 9.90. The van der Waals surface area contributed by atoms with Gasteiger partial charge in [-0.15, -0.1) is 0 Å². The summed E-state index contributed by atoms with van der Waals surface area (Å²) in [6.45, 7) is 4.58. The number of hydrogen-bond acceptors (Lipinski definition) is 1. The van der Waals surface area contributed by atoms with Crippen LogP contribution in [0, 0.1) is 22.7 Å². The van der Waals surface area contributed by atoms with Crippen molar-refractivity contribution in [2.45, 2.75) is 135 Å². The predicted octanol–water partition coefficient (Wildman–Crippen LogP) is 9.68. The molecule has 172 valence electrons. The van der Waals surface area contributed by atoms with Crippen LogP contribution in [-0.2, 0) is 0 Å². The summed E-state index contributed by atoms with van der Waals surface area (Å²) in [7, 11) is 0. The SMILES string of the molecule is CCCCCCCC1(C#N)CCC(c2ccc(C3CCC(CCCC)CC3)cc2)CC1. The molecule has 0 amide bonds. The summed E-state index contributed by atoms with van der Waals surface area (Å²) in [5.74, 6) is 2.45. The van der Waals surface area contributed by atoms with Gasteiger partial charge in [0, 0.05) is 0 Å². The van der Waals surface area contributed by atoms with E-state index in [1.54, 1.807) is 5.56 Å². The molecular weight excluding hydrogens is 374 g/mol. The van der Waals surface area contributed by atoms with Crippen LogP contribution >= 0.6 is 0 Å². The van der Waals surface area contributed by atoms with Crippen molar-refractivity contribution in [3.63, 3.8) is 0 Å². The van der Waals surface area contributed by atoms with Gasteiger partial charge < -0.3 is 0 Å². The number of hydrogen-bond donors (Lipinski definition) is 0. The van der Waals surface area contributed by atoms with Gasteiger partial charge in [-0.05, 0) is 86.7 Å². The van der Waals surface area contributed by atoms with Crippen molar-refractivity contribution in [3.05, 3.63) is 35.4 Å². The second-order valence-electron chi connectivity index (χ2n) is 10.9. The van der Waals surface area contributed by atoms with Crippen LogP contribution in [-0.4, -0.2) is 0 Å². The fourth-order valence-electron chi connectivity index (χ4n) is 6.31. The lowest BCUT2D eigenvalue weighted by molar-refractivity contribution is 0.223. The third-order valence-corrected chi connectivity index (χ3v) is 8.63. The minimum absolute atomic E-state index is 0.0287. The largest absolute Gasteiger partial charge is 0.198 e. The number of nitriles is 1. The molecule has 0 heterocycles. The van der Waals surface area contributed by atoms with Crippen LogP contribution in [0.15, 0.2) is 24.3 Å². The van der Waals surface area contributed by atoms with Gasteiger partial charge in [-0.3, -0.25) is 0 Å². The van der Waals surface area contributed by atoms with Crippen LogP contribution in [0.3, 0.4) is 0 Å². The van der Waals surface area contributed by atoms with Gasteiger partial charge in [-0.1, -0.05) is 89.5 Å². The van der Waals surface area contributed by atoms with Crippen molar-refractivity contribution < 1.29 is 0 Å². The van der Waals surface area contributed by atoms with Crippen LogP contribution < -0.4 is 0 Å². The van der Waals surface area contributed by atoms with E-state index in [0.717, 1.165) is 31.1 Å². The maximum absolute atomic E-state index is 9.90. The maximum Gasteiger partial charge on any atom is 0.0689 e. The Morgan fingerprint density at radius 3 is 1.84 bits per heavy atom. The first kappa shape index (κ1) is 24.4. The molecule has 0 atom stereocenters. The lowest BCUT2D eigenvalue weighted by Crippen LogP contribution is -2.25. The van der Waals surface area contributed by atoms with Crippen molar-refractivity contribution in [2.75, 3.05) is 0 Å². The Bertz CT molecular complexity index is 651. The molecule has 1 heteroatoms. The monoisotopic (exact) mass is 421 g/mol. The summed E-state index contributed by atoms with van der Waals surface area (Å²) in [6.07, 6.45) is 22.1. The quantitative estimate of drug-likeness (QED) is 0.326. The van der Waals surface area contributed by atoms with Gasteiger partial charge in [0.1, 0.15) is 0 Å². The molecule has 2 saturated carbocycles. The average molecular weight is 422 g/mol. The van der Waals surface area contributed by atoms with Crippen molar-refractivity contribution in [3.8, 4) is 6.07 Å². The van der Waals surface area contributed by atoms with E-state index in [4.69, 9.17) is 0 Å². The van der Waals surface area contributed by atoms with Crippen LogP contribution in [0.2, 0.25) is 0 Å². The first-order valence-corrected chi connectivity index (χ1v) is 13.7. The summed E-state index contributed by atoms with van der Waals surface area (Å²) < 4.78 is 0. The number of rotatable bonds is 11. The molecule has 1 aromatic carbocycles. The van der Waals surface area contributed by atoms with E-state index in [9.17, 15) is 5.26 Å². The zero-order valence-electron chi connectivity index (χ0n) is 20.5. The zero-order chi connectivity index (χ0) is 21.9. The van der Waals surface area contributed by atoms with Crippen LogP contribution in [0.1, 0.15) is 146 Å². The van der Waals surface area contributed by atoms with Crippen molar-refractivity contribution in [1.82, 2.24) is 0 Å². The fraction of sp³-hybridized carbons (Fsp3) is 0.767. The molecule has 2 fully saturated rings. The second-order valence-corrected chi connectivity index (χ2v) is 10.9. The van der Waals surface area contributed by atoms with E-state index in [-0.39, 0.29) is 5.41 Å². The number of nitrogens with zero attached hydrogens (tertiary/aromatic N) is 1. The Balaban J connectivity index is 1.45. The van der Waals surface area contributed by atoms with E-state index < -0.39 is 0 Å². The standard InChI is InChI=1S/C30H47N/c1-3-5-7-8-9-21-30(24-31)22-19-29(20-23-30)28-17-15-27(16-18-28)26-13-11-25(12-14-26)10-6-4-2/h15-18,25-26,29H,3-14,19-23H2,1-2H3. The molecule has 3 rings (SSSR count). The van der Waals surface area contributed by atoms with Gasteiger partial charge >= 0.3 is 0 Å². The first-order valence-electron chi connectivity index (χ1n) is 13.7. The average Bonchev–Trinajstić information content (AvgIpc) is 2.83. The topological polar surface area (TPSA) is 23.8 Å². The predicted molar refractivity (Wildman–Crippen MR) is 133 cm³/mol. The Kier molecular flexibility index (Phi) is 9.95. The van der Waals surface area contributed by atoms with E-state index in [1.807, 2.05) is 0 Å². The van der Waals surface area contributed by atoms with Gasteiger partial charge in [-0.25, -0.2) is 0 Å². The second kappa shape index (κ2) is 12.7. The van der Waals surface area contributed by atoms with E-state index in [2.05, 4.69) is 44.2 Å². The molecule has 0 saturated heterocycles. The lowest BCUT2D eigenvalue weighted by atomic mass is 9.67. The molecule has 2 aliphatic rings. The van der Waals surface area contributed by atoms with Crippen molar-refractivity contribution >= 4 is 0 Å². The fourth-order valence-corrected chi connectivity index (χ4v) is 6.31. The lowest BCUT2D eigenvalue weighted by Gasteiger charge is -2.35. The summed E-state index contributed by atoms with van der Waals surface area (Å²) in [4.78, 5) is 0. The van der Waals surface area contributed by atoms with Gasteiger partial charge in [0.15, 0.2) is 0 Å². The minimum atomic E-state index is -0.0287. The van der Waals surface area contributed by atoms with Crippen LogP contribution in [0.4, 0.5) is 0 Å². The minimum Gasteiger partial charge on any atom is -0.198 e. The third-order valence-electron chi connectivity index (χ3n) is 8.63. The molecule has 0 spiro atoms. The molecule has 31 heavy (non-hydrogen) atoms. The van der Waals surface area contributed by atoms with Crippen molar-refractivity contribution in [2.24, 2.45) is 11.3 Å². The molecule has 1 nitrogen and oxygen atoms in total. The van der Waals surface area contributed by atoms with E-state index in [1.165, 1.54) is 95.5 Å². The summed E-state index contributed by atoms with van der Waals surface area (Å²) in [6, 6.07) is 12.5. The van der Waals surface area contributed by atoms with Gasteiger partial charge in [0.2, 0.25) is 0 Å². The van der Waals surface area contributed by atoms with Crippen LogP contribution in [0.25, 0.3) is 0 Å². The highest BCUT2D eigenvalue weighted by molar-refractivity contribution is 5.29. The molecule has 0 N–H and O–H groups in total. The Morgan fingerprint density at radius 1 is 0.742 bits per heavy atom. The van der Waals surface area contributed by atoms with E-state index >= 15 is 0 Å². The molecule has 0 aliphatic heterocycles. The summed E-state index contributed by atoms with van der Waals surface area (Å²) in [5, 5.41) is 9.90. The molecule has 0 unspecified atom stereocenters. The normalized spacial score (nSPS) is 28.9. The third kappa shape index (κ3) is 7.10. The molecule has 2 aliphatic carbocycles. The van der Waals surface area contributed by atoms with Gasteiger partial charge in [0.05, 0.1) is 11.5 Å².